The average Bonchev–Trinajstić information content (AvgIpc) is 2.59. The van der Waals surface area contributed by atoms with Crippen LogP contribution in [0.4, 0.5) is 11.4 Å². The number of carbonyl (C=O) groups is 1. The Bertz CT molecular complexity index is 592. The van der Waals surface area contributed by atoms with Crippen LogP contribution in [0.5, 0.6) is 0 Å². The molecule has 0 aliphatic carbocycles. The SMILES string of the molecule is CCOC(=O)c1cc([N+](=O)[O-])ccc1N1CCC[C@H](OCCO)C1. The number of rotatable bonds is 7. The fraction of sp³-hybridized carbons (Fsp3) is 0.562. The van der Waals surface area contributed by atoms with Gasteiger partial charge in [0.1, 0.15) is 0 Å². The van der Waals surface area contributed by atoms with Crippen LogP contribution < -0.4 is 4.90 Å². The third-order valence-electron chi connectivity index (χ3n) is 3.85. The lowest BCUT2D eigenvalue weighted by Gasteiger charge is -2.35. The number of nitro groups is 1. The largest absolute Gasteiger partial charge is 0.462 e. The standard InChI is InChI=1S/C16H22N2O6/c1-2-23-16(20)14-10-12(18(21)22)5-6-15(14)17-7-3-4-13(11-17)24-9-8-19/h5-6,10,13,19H,2-4,7-9,11H2,1H3/t13-/m0/s1. The molecule has 0 aromatic heterocycles. The van der Waals surface area contributed by atoms with E-state index in [9.17, 15) is 14.9 Å². The number of benzene rings is 1. The second-order valence-electron chi connectivity index (χ2n) is 5.48. The normalized spacial score (nSPS) is 17.6. The van der Waals surface area contributed by atoms with E-state index in [0.29, 0.717) is 12.2 Å². The van der Waals surface area contributed by atoms with Crippen molar-refractivity contribution in [1.29, 1.82) is 0 Å². The maximum Gasteiger partial charge on any atom is 0.340 e. The van der Waals surface area contributed by atoms with E-state index in [1.54, 1.807) is 13.0 Å². The second-order valence-corrected chi connectivity index (χ2v) is 5.48. The lowest BCUT2D eigenvalue weighted by Crippen LogP contribution is -2.40. The van der Waals surface area contributed by atoms with E-state index in [0.717, 1.165) is 19.4 Å². The first-order valence-corrected chi connectivity index (χ1v) is 7.99. The van der Waals surface area contributed by atoms with Crippen LogP contribution in [-0.4, -0.2) is 55.0 Å². The first kappa shape index (κ1) is 18.2. The van der Waals surface area contributed by atoms with E-state index in [-0.39, 0.29) is 37.2 Å². The summed E-state index contributed by atoms with van der Waals surface area (Å²) in [5.74, 6) is -0.574. The molecule has 1 heterocycles. The zero-order chi connectivity index (χ0) is 17.5. The highest BCUT2D eigenvalue weighted by molar-refractivity contribution is 5.96. The molecule has 0 bridgehead atoms. The number of esters is 1. The van der Waals surface area contributed by atoms with Crippen molar-refractivity contribution in [3.8, 4) is 0 Å². The Morgan fingerprint density at radius 1 is 1.50 bits per heavy atom. The zero-order valence-corrected chi connectivity index (χ0v) is 13.6. The first-order valence-electron chi connectivity index (χ1n) is 7.99. The van der Waals surface area contributed by atoms with Crippen molar-refractivity contribution in [3.05, 3.63) is 33.9 Å². The smallest absolute Gasteiger partial charge is 0.340 e. The van der Waals surface area contributed by atoms with E-state index < -0.39 is 10.9 Å². The Kier molecular flexibility index (Phi) is 6.51. The van der Waals surface area contributed by atoms with Crippen LogP contribution in [0.25, 0.3) is 0 Å². The lowest BCUT2D eigenvalue weighted by atomic mass is 10.0. The van der Waals surface area contributed by atoms with Crippen LogP contribution in [0.3, 0.4) is 0 Å². The summed E-state index contributed by atoms with van der Waals surface area (Å²) in [5, 5.41) is 19.9. The van der Waals surface area contributed by atoms with Gasteiger partial charge >= 0.3 is 5.97 Å². The molecule has 1 aromatic rings. The van der Waals surface area contributed by atoms with Crippen LogP contribution >= 0.6 is 0 Å². The van der Waals surface area contributed by atoms with Crippen molar-refractivity contribution >= 4 is 17.3 Å². The number of ether oxygens (including phenoxy) is 2. The number of carbonyl (C=O) groups excluding carboxylic acids is 1. The number of aliphatic hydroxyl groups excluding tert-OH is 1. The molecule has 8 heteroatoms. The topological polar surface area (TPSA) is 102 Å². The fourth-order valence-electron chi connectivity index (χ4n) is 2.80. The number of anilines is 1. The van der Waals surface area contributed by atoms with Crippen LogP contribution in [0.15, 0.2) is 18.2 Å². The summed E-state index contributed by atoms with van der Waals surface area (Å²) in [7, 11) is 0. The molecule has 8 nitrogen and oxygen atoms in total. The molecular weight excluding hydrogens is 316 g/mol. The van der Waals surface area contributed by atoms with Gasteiger partial charge in [0, 0.05) is 25.2 Å². The molecule has 0 amide bonds. The minimum atomic E-state index is -0.574. The van der Waals surface area contributed by atoms with Gasteiger partial charge in [-0.3, -0.25) is 10.1 Å². The molecule has 24 heavy (non-hydrogen) atoms. The molecule has 2 rings (SSSR count). The third-order valence-corrected chi connectivity index (χ3v) is 3.85. The minimum Gasteiger partial charge on any atom is -0.462 e. The zero-order valence-electron chi connectivity index (χ0n) is 13.6. The van der Waals surface area contributed by atoms with Crippen molar-refractivity contribution in [3.63, 3.8) is 0 Å². The minimum absolute atomic E-state index is 0.0396. The molecule has 1 N–H and O–H groups in total. The van der Waals surface area contributed by atoms with Crippen LogP contribution in [-0.2, 0) is 9.47 Å². The van der Waals surface area contributed by atoms with Gasteiger partial charge in [-0.15, -0.1) is 0 Å². The van der Waals surface area contributed by atoms with Gasteiger partial charge < -0.3 is 19.5 Å². The molecule has 0 unspecified atom stereocenters. The van der Waals surface area contributed by atoms with Gasteiger partial charge in [0.2, 0.25) is 0 Å². The Labute approximate surface area is 140 Å². The van der Waals surface area contributed by atoms with E-state index in [4.69, 9.17) is 14.6 Å². The number of piperidine rings is 1. The van der Waals surface area contributed by atoms with E-state index in [2.05, 4.69) is 0 Å². The van der Waals surface area contributed by atoms with Crippen LogP contribution in [0.2, 0.25) is 0 Å². The van der Waals surface area contributed by atoms with Crippen LogP contribution in [0, 0.1) is 10.1 Å². The van der Waals surface area contributed by atoms with Crippen molar-refractivity contribution in [2.75, 3.05) is 37.8 Å². The third kappa shape index (κ3) is 4.42. The van der Waals surface area contributed by atoms with E-state index >= 15 is 0 Å². The molecule has 1 aliphatic heterocycles. The van der Waals surface area contributed by atoms with Gasteiger partial charge in [-0.25, -0.2) is 4.79 Å². The van der Waals surface area contributed by atoms with Crippen molar-refractivity contribution in [2.45, 2.75) is 25.9 Å². The molecular formula is C16H22N2O6. The molecule has 1 atom stereocenters. The summed E-state index contributed by atoms with van der Waals surface area (Å²) in [6.07, 6.45) is 1.70. The van der Waals surface area contributed by atoms with Gasteiger partial charge in [-0.05, 0) is 25.8 Å². The monoisotopic (exact) mass is 338 g/mol. The summed E-state index contributed by atoms with van der Waals surface area (Å²) in [6.45, 7) is 3.40. The van der Waals surface area contributed by atoms with E-state index in [1.807, 2.05) is 4.90 Å². The summed E-state index contributed by atoms with van der Waals surface area (Å²) in [6, 6.07) is 4.22. The number of aliphatic hydroxyl groups is 1. The summed E-state index contributed by atoms with van der Waals surface area (Å²) >= 11 is 0. The molecule has 0 saturated carbocycles. The molecule has 0 radical (unpaired) electrons. The van der Waals surface area contributed by atoms with Gasteiger partial charge in [0.05, 0.1) is 42.1 Å². The highest BCUT2D eigenvalue weighted by Crippen LogP contribution is 2.29. The first-order chi connectivity index (χ1) is 11.6. The number of non-ortho nitro benzene ring substituents is 1. The van der Waals surface area contributed by atoms with Gasteiger partial charge in [-0.1, -0.05) is 0 Å². The molecule has 1 aliphatic rings. The molecule has 0 spiro atoms. The second kappa shape index (κ2) is 8.60. The molecule has 1 aromatic carbocycles. The van der Waals surface area contributed by atoms with Gasteiger partial charge in [-0.2, -0.15) is 0 Å². The number of nitro benzene ring substituents is 1. The molecule has 1 fully saturated rings. The molecule has 132 valence electrons. The Morgan fingerprint density at radius 3 is 2.96 bits per heavy atom. The van der Waals surface area contributed by atoms with Gasteiger partial charge in [0.25, 0.3) is 5.69 Å². The lowest BCUT2D eigenvalue weighted by molar-refractivity contribution is -0.384. The fourth-order valence-corrected chi connectivity index (χ4v) is 2.80. The predicted molar refractivity (Wildman–Crippen MR) is 87.3 cm³/mol. The quantitative estimate of drug-likeness (QED) is 0.459. The number of hydrogen-bond acceptors (Lipinski definition) is 7. The van der Waals surface area contributed by atoms with E-state index in [1.165, 1.54) is 12.1 Å². The average molecular weight is 338 g/mol. The van der Waals surface area contributed by atoms with Crippen molar-refractivity contribution < 1.29 is 24.3 Å². The maximum atomic E-state index is 12.2. The Morgan fingerprint density at radius 2 is 2.29 bits per heavy atom. The highest BCUT2D eigenvalue weighted by Gasteiger charge is 2.26. The summed E-state index contributed by atoms with van der Waals surface area (Å²) in [5.41, 5.74) is 0.650. The Balaban J connectivity index is 2.27. The maximum absolute atomic E-state index is 12.2. The Hall–Kier alpha value is -2.19. The summed E-state index contributed by atoms with van der Waals surface area (Å²) in [4.78, 5) is 24.6. The highest BCUT2D eigenvalue weighted by atomic mass is 16.6. The van der Waals surface area contributed by atoms with Crippen molar-refractivity contribution in [1.82, 2.24) is 0 Å². The van der Waals surface area contributed by atoms with Gasteiger partial charge in [0.15, 0.2) is 0 Å². The van der Waals surface area contributed by atoms with Crippen molar-refractivity contribution in [2.24, 2.45) is 0 Å². The number of hydrogen-bond donors (Lipinski definition) is 1. The molecule has 1 saturated heterocycles. The number of nitrogens with zero attached hydrogens (tertiary/aromatic N) is 2. The van der Waals surface area contributed by atoms with Crippen LogP contribution in [0.1, 0.15) is 30.1 Å². The summed E-state index contributed by atoms with van der Waals surface area (Å²) < 4.78 is 10.6. The predicted octanol–water partition coefficient (Wildman–Crippen LogP) is 1.75.